The summed E-state index contributed by atoms with van der Waals surface area (Å²) in [6, 6.07) is 2.00. The van der Waals surface area contributed by atoms with Crippen molar-refractivity contribution in [2.24, 2.45) is 5.73 Å². The van der Waals surface area contributed by atoms with E-state index in [9.17, 15) is 4.39 Å². The molecule has 1 aromatic rings. The Morgan fingerprint density at radius 2 is 1.81 bits per heavy atom. The first-order valence-electron chi connectivity index (χ1n) is 5.70. The zero-order valence-electron chi connectivity index (χ0n) is 9.74. The van der Waals surface area contributed by atoms with Gasteiger partial charge in [-0.1, -0.05) is 28.8 Å². The number of rotatable bonds is 1. The molecule has 88 valence electrons. The van der Waals surface area contributed by atoms with E-state index in [4.69, 9.17) is 5.73 Å². The summed E-state index contributed by atoms with van der Waals surface area (Å²) in [7, 11) is 0. The summed E-state index contributed by atoms with van der Waals surface area (Å²) in [6.45, 7) is 3.62. The van der Waals surface area contributed by atoms with Crippen molar-refractivity contribution in [1.82, 2.24) is 0 Å². The highest BCUT2D eigenvalue weighted by atomic mass is 79.9. The van der Waals surface area contributed by atoms with E-state index in [1.54, 1.807) is 6.92 Å². The van der Waals surface area contributed by atoms with E-state index >= 15 is 0 Å². The van der Waals surface area contributed by atoms with Gasteiger partial charge >= 0.3 is 0 Å². The predicted molar refractivity (Wildman–Crippen MR) is 67.9 cm³/mol. The van der Waals surface area contributed by atoms with Crippen molar-refractivity contribution in [3.63, 3.8) is 0 Å². The van der Waals surface area contributed by atoms with E-state index < -0.39 is 0 Å². The SMILES string of the molecule is Cc1c(Br)cc(C2(N)CCCC2)c(C)c1F. The highest BCUT2D eigenvalue weighted by Crippen LogP contribution is 2.40. The van der Waals surface area contributed by atoms with Crippen LogP contribution in [0.5, 0.6) is 0 Å². The van der Waals surface area contributed by atoms with Crippen LogP contribution in [0.1, 0.15) is 42.4 Å². The Kier molecular flexibility index (Phi) is 3.10. The standard InChI is InChI=1S/C13H17BrFN/c1-8-10(13(16)5-3-4-6-13)7-11(14)9(2)12(8)15/h7H,3-6,16H2,1-2H3. The monoisotopic (exact) mass is 285 g/mol. The quantitative estimate of drug-likeness (QED) is 0.831. The van der Waals surface area contributed by atoms with Gasteiger partial charge in [-0.2, -0.15) is 0 Å². The first-order chi connectivity index (χ1) is 7.46. The fraction of sp³-hybridized carbons (Fsp3) is 0.538. The van der Waals surface area contributed by atoms with E-state index in [1.165, 1.54) is 0 Å². The van der Waals surface area contributed by atoms with Crippen molar-refractivity contribution in [3.8, 4) is 0 Å². The van der Waals surface area contributed by atoms with Gasteiger partial charge in [0.25, 0.3) is 0 Å². The summed E-state index contributed by atoms with van der Waals surface area (Å²) in [5, 5.41) is 0. The molecular weight excluding hydrogens is 269 g/mol. The molecule has 0 aromatic heterocycles. The Bertz CT molecular complexity index is 422. The fourth-order valence-electron chi connectivity index (χ4n) is 2.64. The van der Waals surface area contributed by atoms with E-state index in [-0.39, 0.29) is 11.4 Å². The van der Waals surface area contributed by atoms with Crippen LogP contribution in [0, 0.1) is 19.7 Å². The molecule has 1 fully saturated rings. The van der Waals surface area contributed by atoms with Gasteiger partial charge in [-0.05, 0) is 49.4 Å². The smallest absolute Gasteiger partial charge is 0.130 e. The topological polar surface area (TPSA) is 26.0 Å². The molecule has 1 aliphatic carbocycles. The summed E-state index contributed by atoms with van der Waals surface area (Å²) < 4.78 is 14.8. The van der Waals surface area contributed by atoms with Crippen LogP contribution in [-0.4, -0.2) is 0 Å². The second-order valence-corrected chi connectivity index (χ2v) is 5.69. The molecule has 2 N–H and O–H groups in total. The molecule has 0 atom stereocenters. The minimum Gasteiger partial charge on any atom is -0.321 e. The third-order valence-corrected chi connectivity index (χ3v) is 4.55. The minimum atomic E-state index is -0.318. The molecule has 0 heterocycles. The van der Waals surface area contributed by atoms with Gasteiger partial charge in [0.15, 0.2) is 0 Å². The van der Waals surface area contributed by atoms with Gasteiger partial charge < -0.3 is 5.73 Å². The first kappa shape index (κ1) is 12.1. The van der Waals surface area contributed by atoms with Crippen LogP contribution in [0.15, 0.2) is 10.5 Å². The zero-order chi connectivity index (χ0) is 11.9. The number of benzene rings is 1. The second-order valence-electron chi connectivity index (χ2n) is 4.83. The number of nitrogens with two attached hydrogens (primary N) is 1. The van der Waals surface area contributed by atoms with Crippen LogP contribution in [0.3, 0.4) is 0 Å². The van der Waals surface area contributed by atoms with Crippen LogP contribution in [0.4, 0.5) is 4.39 Å². The third-order valence-electron chi connectivity index (χ3n) is 3.72. The molecule has 1 aliphatic rings. The minimum absolute atomic E-state index is 0.124. The molecule has 0 aliphatic heterocycles. The second kappa shape index (κ2) is 4.11. The van der Waals surface area contributed by atoms with E-state index in [0.717, 1.165) is 35.7 Å². The highest BCUT2D eigenvalue weighted by molar-refractivity contribution is 9.10. The van der Waals surface area contributed by atoms with Crippen LogP contribution < -0.4 is 5.73 Å². The lowest BCUT2D eigenvalue weighted by molar-refractivity contribution is 0.453. The lowest BCUT2D eigenvalue weighted by Gasteiger charge is -2.27. The fourth-order valence-corrected chi connectivity index (χ4v) is 3.04. The van der Waals surface area contributed by atoms with Crippen molar-refractivity contribution in [3.05, 3.63) is 33.0 Å². The Morgan fingerprint density at radius 1 is 1.25 bits per heavy atom. The van der Waals surface area contributed by atoms with Crippen LogP contribution >= 0.6 is 15.9 Å². The maximum Gasteiger partial charge on any atom is 0.130 e. The molecule has 1 saturated carbocycles. The zero-order valence-corrected chi connectivity index (χ0v) is 11.3. The Labute approximate surface area is 104 Å². The lowest BCUT2D eigenvalue weighted by Crippen LogP contribution is -2.34. The van der Waals surface area contributed by atoms with E-state index in [2.05, 4.69) is 15.9 Å². The number of hydrogen-bond acceptors (Lipinski definition) is 1. The summed E-state index contributed by atoms with van der Waals surface area (Å²) in [6.07, 6.45) is 4.21. The molecule has 0 amide bonds. The number of hydrogen-bond donors (Lipinski definition) is 1. The molecular formula is C13H17BrFN. The lowest BCUT2D eigenvalue weighted by atomic mass is 9.85. The van der Waals surface area contributed by atoms with E-state index in [1.807, 2.05) is 13.0 Å². The molecule has 16 heavy (non-hydrogen) atoms. The van der Waals surface area contributed by atoms with Gasteiger partial charge in [-0.3, -0.25) is 0 Å². The largest absolute Gasteiger partial charge is 0.321 e. The Hall–Kier alpha value is -0.410. The molecule has 0 spiro atoms. The molecule has 0 bridgehead atoms. The van der Waals surface area contributed by atoms with Crippen LogP contribution in [-0.2, 0) is 5.54 Å². The molecule has 0 saturated heterocycles. The summed E-state index contributed by atoms with van der Waals surface area (Å²) in [4.78, 5) is 0. The van der Waals surface area contributed by atoms with Crippen LogP contribution in [0.2, 0.25) is 0 Å². The average Bonchev–Trinajstić information content (AvgIpc) is 2.68. The average molecular weight is 286 g/mol. The van der Waals surface area contributed by atoms with Crippen molar-refractivity contribution in [2.45, 2.75) is 45.1 Å². The third kappa shape index (κ3) is 1.80. The van der Waals surface area contributed by atoms with Gasteiger partial charge in [0.2, 0.25) is 0 Å². The van der Waals surface area contributed by atoms with Crippen molar-refractivity contribution >= 4 is 15.9 Å². The molecule has 3 heteroatoms. The van der Waals surface area contributed by atoms with Gasteiger partial charge in [-0.25, -0.2) is 4.39 Å². The maximum absolute atomic E-state index is 14.0. The van der Waals surface area contributed by atoms with Gasteiger partial charge in [-0.15, -0.1) is 0 Å². The summed E-state index contributed by atoms with van der Waals surface area (Å²) >= 11 is 3.41. The van der Waals surface area contributed by atoms with Crippen molar-refractivity contribution < 1.29 is 4.39 Å². The van der Waals surface area contributed by atoms with Gasteiger partial charge in [0.05, 0.1) is 0 Å². The summed E-state index contributed by atoms with van der Waals surface area (Å²) in [5.41, 5.74) is 8.42. The van der Waals surface area contributed by atoms with Crippen molar-refractivity contribution in [2.75, 3.05) is 0 Å². The van der Waals surface area contributed by atoms with E-state index in [0.29, 0.717) is 11.1 Å². The van der Waals surface area contributed by atoms with Gasteiger partial charge in [0, 0.05) is 10.0 Å². The predicted octanol–water partition coefficient (Wildman–Crippen LogP) is 3.93. The van der Waals surface area contributed by atoms with Crippen LogP contribution in [0.25, 0.3) is 0 Å². The first-order valence-corrected chi connectivity index (χ1v) is 6.49. The molecule has 2 rings (SSSR count). The maximum atomic E-state index is 14.0. The van der Waals surface area contributed by atoms with Crippen molar-refractivity contribution in [1.29, 1.82) is 0 Å². The van der Waals surface area contributed by atoms with Gasteiger partial charge in [0.1, 0.15) is 5.82 Å². The number of halogens is 2. The Morgan fingerprint density at radius 3 is 2.38 bits per heavy atom. The normalized spacial score (nSPS) is 19.1. The summed E-state index contributed by atoms with van der Waals surface area (Å²) in [5.74, 6) is -0.124. The highest BCUT2D eigenvalue weighted by Gasteiger charge is 2.33. The molecule has 1 aromatic carbocycles. The Balaban J connectivity index is 2.57. The molecule has 0 unspecified atom stereocenters. The molecule has 1 nitrogen and oxygen atoms in total. The molecule has 0 radical (unpaired) electrons.